The van der Waals surface area contributed by atoms with Crippen LogP contribution in [-0.2, 0) is 0 Å². The lowest BCUT2D eigenvalue weighted by atomic mass is 10.1. The van der Waals surface area contributed by atoms with Crippen molar-refractivity contribution in [2.24, 2.45) is 0 Å². The highest BCUT2D eigenvalue weighted by Gasteiger charge is 2.12. The average Bonchev–Trinajstić information content (AvgIpc) is 2.70. The first kappa shape index (κ1) is 18.1. The van der Waals surface area contributed by atoms with Gasteiger partial charge in [0.2, 0.25) is 0 Å². The Hall–Kier alpha value is -3.25. The molecule has 1 aromatic heterocycles. The van der Waals surface area contributed by atoms with E-state index in [2.05, 4.69) is 26.2 Å². The highest BCUT2D eigenvalue weighted by Crippen LogP contribution is 2.22. The summed E-state index contributed by atoms with van der Waals surface area (Å²) < 4.78 is 2.36. The summed E-state index contributed by atoms with van der Waals surface area (Å²) in [5.74, 6) is 0.369. The van der Waals surface area contributed by atoms with Crippen LogP contribution in [0.2, 0.25) is 0 Å². The first-order chi connectivity index (χ1) is 13.5. The van der Waals surface area contributed by atoms with Gasteiger partial charge in [-0.2, -0.15) is 0 Å². The molecule has 0 unspecified atom stereocenters. The number of hydrogen-bond acceptors (Lipinski definition) is 3. The molecule has 1 N–H and O–H groups in total. The van der Waals surface area contributed by atoms with Gasteiger partial charge in [0.1, 0.15) is 5.82 Å². The van der Waals surface area contributed by atoms with Crippen molar-refractivity contribution in [3.63, 3.8) is 0 Å². The second-order valence-corrected chi connectivity index (χ2v) is 7.15. The molecule has 5 nitrogen and oxygen atoms in total. The summed E-state index contributed by atoms with van der Waals surface area (Å²) in [6.07, 6.45) is 0. The van der Waals surface area contributed by atoms with Crippen molar-refractivity contribution in [3.05, 3.63) is 99.0 Å². The maximum atomic E-state index is 12.9. The van der Waals surface area contributed by atoms with Gasteiger partial charge >= 0.3 is 0 Å². The Bertz CT molecular complexity index is 1250. The van der Waals surface area contributed by atoms with E-state index in [4.69, 9.17) is 0 Å². The summed E-state index contributed by atoms with van der Waals surface area (Å²) in [6, 6.07) is 21.6. The van der Waals surface area contributed by atoms with Gasteiger partial charge < -0.3 is 5.32 Å². The molecule has 0 spiro atoms. The number of fused-ring (bicyclic) bond motifs is 1. The van der Waals surface area contributed by atoms with Crippen molar-refractivity contribution in [2.45, 2.75) is 6.92 Å². The molecule has 3 aromatic carbocycles. The Morgan fingerprint density at radius 1 is 0.964 bits per heavy atom. The van der Waals surface area contributed by atoms with Crippen molar-refractivity contribution in [1.82, 2.24) is 9.55 Å². The predicted octanol–water partition coefficient (Wildman–Crippen LogP) is 4.71. The molecule has 1 amide bonds. The van der Waals surface area contributed by atoms with Crippen molar-refractivity contribution < 1.29 is 4.79 Å². The van der Waals surface area contributed by atoms with Crippen molar-refractivity contribution in [1.29, 1.82) is 0 Å². The fraction of sp³-hybridized carbons (Fsp3) is 0.0455. The Morgan fingerprint density at radius 3 is 2.39 bits per heavy atom. The van der Waals surface area contributed by atoms with E-state index in [1.807, 2.05) is 42.5 Å². The minimum Gasteiger partial charge on any atom is -0.321 e. The monoisotopic (exact) mass is 433 g/mol. The second kappa shape index (κ2) is 7.40. The Balaban J connectivity index is 1.67. The van der Waals surface area contributed by atoms with Crippen LogP contribution in [0.5, 0.6) is 0 Å². The molecular weight excluding hydrogens is 418 g/mol. The lowest BCUT2D eigenvalue weighted by molar-refractivity contribution is 0.102. The number of aryl methyl sites for hydroxylation is 1. The molecule has 4 rings (SSSR count). The molecule has 0 saturated carbocycles. The summed E-state index contributed by atoms with van der Waals surface area (Å²) >= 11 is 3.42. The number of para-hydroxylation sites is 2. The quantitative estimate of drug-likeness (QED) is 0.508. The molecule has 0 radical (unpaired) electrons. The number of nitrogens with zero attached hydrogens (tertiary/aromatic N) is 2. The van der Waals surface area contributed by atoms with Crippen LogP contribution >= 0.6 is 15.9 Å². The number of anilines is 1. The van der Waals surface area contributed by atoms with Crippen LogP contribution in [0.15, 0.2) is 82.1 Å². The van der Waals surface area contributed by atoms with E-state index in [0.717, 1.165) is 4.47 Å². The van der Waals surface area contributed by atoms with Crippen LogP contribution in [0.4, 0.5) is 5.69 Å². The van der Waals surface area contributed by atoms with Crippen LogP contribution in [0.1, 0.15) is 16.2 Å². The molecule has 0 fully saturated rings. The largest absolute Gasteiger partial charge is 0.321 e. The third-order valence-corrected chi connectivity index (χ3v) is 5.14. The molecule has 1 heterocycles. The third-order valence-electron chi connectivity index (χ3n) is 4.45. The summed E-state index contributed by atoms with van der Waals surface area (Å²) in [5.41, 5.74) is 2.40. The molecule has 0 aliphatic rings. The Kier molecular flexibility index (Phi) is 4.79. The van der Waals surface area contributed by atoms with Crippen LogP contribution < -0.4 is 10.9 Å². The van der Waals surface area contributed by atoms with E-state index in [-0.39, 0.29) is 11.5 Å². The molecule has 0 aliphatic heterocycles. The number of benzene rings is 3. The average molecular weight is 434 g/mol. The third kappa shape index (κ3) is 3.34. The number of rotatable bonds is 3. The van der Waals surface area contributed by atoms with Crippen molar-refractivity contribution in [3.8, 4) is 5.69 Å². The van der Waals surface area contributed by atoms with Gasteiger partial charge in [-0.15, -0.1) is 0 Å². The van der Waals surface area contributed by atoms with Crippen molar-refractivity contribution >= 4 is 38.4 Å². The van der Waals surface area contributed by atoms with Gasteiger partial charge in [-0.05, 0) is 71.4 Å². The summed E-state index contributed by atoms with van der Waals surface area (Å²) in [7, 11) is 0. The number of carbonyl (C=O) groups excluding carboxylic acids is 1. The van der Waals surface area contributed by atoms with Gasteiger partial charge in [-0.25, -0.2) is 4.98 Å². The minimum atomic E-state index is -0.223. The fourth-order valence-corrected chi connectivity index (χ4v) is 3.45. The van der Waals surface area contributed by atoms with Gasteiger partial charge in [-0.3, -0.25) is 14.2 Å². The van der Waals surface area contributed by atoms with E-state index < -0.39 is 0 Å². The number of carbonyl (C=O) groups is 1. The Morgan fingerprint density at radius 2 is 1.64 bits per heavy atom. The SMILES string of the molecule is Cc1nc2ccccc2c(=O)n1-c1ccc(C(=O)Nc2ccccc2Br)cc1. The molecule has 0 bridgehead atoms. The van der Waals surface area contributed by atoms with Gasteiger partial charge in [0.05, 0.1) is 22.3 Å². The number of amides is 1. The maximum Gasteiger partial charge on any atom is 0.265 e. The van der Waals surface area contributed by atoms with Gasteiger partial charge in [0, 0.05) is 10.0 Å². The van der Waals surface area contributed by atoms with Gasteiger partial charge in [0.25, 0.3) is 11.5 Å². The van der Waals surface area contributed by atoms with Crippen LogP contribution in [-0.4, -0.2) is 15.5 Å². The predicted molar refractivity (Wildman–Crippen MR) is 114 cm³/mol. The van der Waals surface area contributed by atoms with Crippen LogP contribution in [0.25, 0.3) is 16.6 Å². The summed E-state index contributed by atoms with van der Waals surface area (Å²) in [6.45, 7) is 1.79. The molecule has 0 atom stereocenters. The standard InChI is InChI=1S/C22H16BrN3O2/c1-14-24-19-8-4-2-6-17(19)22(28)26(14)16-12-10-15(11-13-16)21(27)25-20-9-5-3-7-18(20)23/h2-13H,1H3,(H,25,27). The molecule has 0 saturated heterocycles. The molecular formula is C22H16BrN3O2. The topological polar surface area (TPSA) is 64.0 Å². The Labute approximate surface area is 169 Å². The second-order valence-electron chi connectivity index (χ2n) is 6.30. The first-order valence-corrected chi connectivity index (χ1v) is 9.48. The van der Waals surface area contributed by atoms with Crippen molar-refractivity contribution in [2.75, 3.05) is 5.32 Å². The highest BCUT2D eigenvalue weighted by atomic mass is 79.9. The maximum absolute atomic E-state index is 12.9. The molecule has 6 heteroatoms. The van der Waals surface area contributed by atoms with E-state index in [1.165, 1.54) is 0 Å². The number of nitrogens with one attached hydrogen (secondary N) is 1. The fourth-order valence-electron chi connectivity index (χ4n) is 3.07. The zero-order valence-electron chi connectivity index (χ0n) is 15.0. The minimum absolute atomic E-state index is 0.131. The smallest absolute Gasteiger partial charge is 0.265 e. The van der Waals surface area contributed by atoms with E-state index in [9.17, 15) is 9.59 Å². The zero-order valence-corrected chi connectivity index (χ0v) is 16.6. The van der Waals surface area contributed by atoms with Gasteiger partial charge in [0.15, 0.2) is 0 Å². The summed E-state index contributed by atoms with van der Waals surface area (Å²) in [5, 5.41) is 3.43. The first-order valence-electron chi connectivity index (χ1n) is 8.69. The molecule has 28 heavy (non-hydrogen) atoms. The molecule has 0 aliphatic carbocycles. The number of halogens is 1. The molecule has 138 valence electrons. The van der Waals surface area contributed by atoms with Gasteiger partial charge in [-0.1, -0.05) is 24.3 Å². The lowest BCUT2D eigenvalue weighted by Gasteiger charge is -2.12. The highest BCUT2D eigenvalue weighted by molar-refractivity contribution is 9.10. The van der Waals surface area contributed by atoms with E-state index in [0.29, 0.717) is 33.7 Å². The summed E-state index contributed by atoms with van der Waals surface area (Å²) in [4.78, 5) is 29.9. The van der Waals surface area contributed by atoms with Crippen LogP contribution in [0, 0.1) is 6.92 Å². The molecule has 4 aromatic rings. The van der Waals surface area contributed by atoms with Crippen LogP contribution in [0.3, 0.4) is 0 Å². The lowest BCUT2D eigenvalue weighted by Crippen LogP contribution is -2.22. The van der Waals surface area contributed by atoms with E-state index >= 15 is 0 Å². The number of aromatic nitrogens is 2. The normalized spacial score (nSPS) is 10.8. The van der Waals surface area contributed by atoms with E-state index in [1.54, 1.807) is 41.8 Å². The number of hydrogen-bond donors (Lipinski definition) is 1. The zero-order chi connectivity index (χ0) is 19.7.